The topological polar surface area (TPSA) is 38.9 Å². The van der Waals surface area contributed by atoms with Crippen LogP contribution in [-0.2, 0) is 0 Å². The molecule has 0 saturated carbocycles. The average molecular weight is 182 g/mol. The van der Waals surface area contributed by atoms with Gasteiger partial charge in [-0.15, -0.1) is 11.8 Å². The van der Waals surface area contributed by atoms with Gasteiger partial charge in [-0.2, -0.15) is 0 Å². The molecule has 0 aliphatic carbocycles. The smallest absolute Gasteiger partial charge is 0.119 e. The van der Waals surface area contributed by atoms with Gasteiger partial charge in [-0.1, -0.05) is 13.8 Å². The molecular weight excluding hydrogens is 168 g/mol. The number of nitrogen functional groups attached to an aromatic ring is 1. The summed E-state index contributed by atoms with van der Waals surface area (Å²) < 4.78 is 0. The standard InChI is InChI=1S/C9H14N2S/c1-6(2)12-9-8(10)7(3)4-5-11-9/h4-6H,10H2,1-3H3. The minimum atomic E-state index is 0.529. The lowest BCUT2D eigenvalue weighted by molar-refractivity contribution is 1.07. The minimum absolute atomic E-state index is 0.529. The van der Waals surface area contributed by atoms with E-state index in [0.717, 1.165) is 16.3 Å². The number of aromatic nitrogens is 1. The molecule has 1 rings (SSSR count). The number of nitrogens with zero attached hydrogens (tertiary/aromatic N) is 1. The van der Waals surface area contributed by atoms with Crippen molar-refractivity contribution in [2.24, 2.45) is 0 Å². The quantitative estimate of drug-likeness (QED) is 0.714. The summed E-state index contributed by atoms with van der Waals surface area (Å²) in [4.78, 5) is 4.22. The van der Waals surface area contributed by atoms with Crippen molar-refractivity contribution in [2.75, 3.05) is 5.73 Å². The maximum Gasteiger partial charge on any atom is 0.119 e. The maximum absolute atomic E-state index is 5.85. The van der Waals surface area contributed by atoms with Crippen LogP contribution < -0.4 is 5.73 Å². The fourth-order valence-electron chi connectivity index (χ4n) is 0.862. The van der Waals surface area contributed by atoms with Crippen molar-refractivity contribution in [3.05, 3.63) is 17.8 Å². The number of thioether (sulfide) groups is 1. The molecule has 1 aromatic rings. The molecule has 0 atom stereocenters. The minimum Gasteiger partial charge on any atom is -0.396 e. The lowest BCUT2D eigenvalue weighted by Gasteiger charge is -2.08. The van der Waals surface area contributed by atoms with Crippen LogP contribution >= 0.6 is 11.8 Å². The van der Waals surface area contributed by atoms with E-state index in [1.807, 2.05) is 13.0 Å². The van der Waals surface area contributed by atoms with Crippen LogP contribution in [0.5, 0.6) is 0 Å². The van der Waals surface area contributed by atoms with Crippen LogP contribution in [0.4, 0.5) is 5.69 Å². The van der Waals surface area contributed by atoms with Gasteiger partial charge in [0.15, 0.2) is 0 Å². The van der Waals surface area contributed by atoms with Gasteiger partial charge in [-0.3, -0.25) is 0 Å². The van der Waals surface area contributed by atoms with E-state index in [2.05, 4.69) is 18.8 Å². The number of hydrogen-bond donors (Lipinski definition) is 1. The van der Waals surface area contributed by atoms with E-state index in [1.165, 1.54) is 0 Å². The molecule has 1 heterocycles. The highest BCUT2D eigenvalue weighted by molar-refractivity contribution is 7.99. The second kappa shape index (κ2) is 3.81. The summed E-state index contributed by atoms with van der Waals surface area (Å²) >= 11 is 1.70. The molecule has 0 aromatic carbocycles. The molecule has 0 aliphatic rings. The highest BCUT2D eigenvalue weighted by Crippen LogP contribution is 2.27. The molecule has 0 bridgehead atoms. The van der Waals surface area contributed by atoms with Crippen molar-refractivity contribution in [3.8, 4) is 0 Å². The van der Waals surface area contributed by atoms with Crippen molar-refractivity contribution in [1.29, 1.82) is 0 Å². The van der Waals surface area contributed by atoms with Gasteiger partial charge in [-0.05, 0) is 18.6 Å². The van der Waals surface area contributed by atoms with E-state index < -0.39 is 0 Å². The zero-order valence-electron chi connectivity index (χ0n) is 7.66. The second-order valence-electron chi connectivity index (χ2n) is 3.01. The molecule has 1 aromatic heterocycles. The van der Waals surface area contributed by atoms with Crippen LogP contribution in [0.3, 0.4) is 0 Å². The molecule has 12 heavy (non-hydrogen) atoms. The average Bonchev–Trinajstić information content (AvgIpc) is 1.98. The predicted octanol–water partition coefficient (Wildman–Crippen LogP) is 2.47. The fourth-order valence-corrected chi connectivity index (χ4v) is 1.72. The molecule has 66 valence electrons. The van der Waals surface area contributed by atoms with E-state index in [-0.39, 0.29) is 0 Å². The predicted molar refractivity (Wildman–Crippen MR) is 54.4 cm³/mol. The first-order valence-electron chi connectivity index (χ1n) is 3.99. The Labute approximate surface area is 77.6 Å². The van der Waals surface area contributed by atoms with Gasteiger partial charge in [0.1, 0.15) is 5.03 Å². The summed E-state index contributed by atoms with van der Waals surface area (Å²) in [6.07, 6.45) is 1.80. The Morgan fingerprint density at radius 3 is 2.75 bits per heavy atom. The Balaban J connectivity index is 2.92. The van der Waals surface area contributed by atoms with E-state index >= 15 is 0 Å². The summed E-state index contributed by atoms with van der Waals surface area (Å²) in [7, 11) is 0. The third kappa shape index (κ3) is 2.14. The summed E-state index contributed by atoms with van der Waals surface area (Å²) in [6, 6.07) is 1.93. The van der Waals surface area contributed by atoms with Crippen molar-refractivity contribution in [1.82, 2.24) is 4.98 Å². The van der Waals surface area contributed by atoms with Crippen molar-refractivity contribution >= 4 is 17.4 Å². The van der Waals surface area contributed by atoms with E-state index in [9.17, 15) is 0 Å². The van der Waals surface area contributed by atoms with Crippen LogP contribution in [-0.4, -0.2) is 10.2 Å². The van der Waals surface area contributed by atoms with Gasteiger partial charge in [0, 0.05) is 11.4 Å². The normalized spacial score (nSPS) is 10.7. The Morgan fingerprint density at radius 2 is 2.17 bits per heavy atom. The molecule has 0 aliphatic heterocycles. The summed E-state index contributed by atoms with van der Waals surface area (Å²) in [5, 5.41) is 1.48. The van der Waals surface area contributed by atoms with E-state index in [4.69, 9.17) is 5.73 Å². The Morgan fingerprint density at radius 1 is 1.50 bits per heavy atom. The largest absolute Gasteiger partial charge is 0.396 e. The van der Waals surface area contributed by atoms with Crippen molar-refractivity contribution < 1.29 is 0 Å². The summed E-state index contributed by atoms with van der Waals surface area (Å²) in [6.45, 7) is 6.27. The van der Waals surface area contributed by atoms with Gasteiger partial charge in [0.2, 0.25) is 0 Å². The monoisotopic (exact) mass is 182 g/mol. The van der Waals surface area contributed by atoms with Crippen LogP contribution in [0.2, 0.25) is 0 Å². The first kappa shape index (κ1) is 9.39. The number of hydrogen-bond acceptors (Lipinski definition) is 3. The molecule has 0 radical (unpaired) electrons. The molecule has 2 N–H and O–H groups in total. The van der Waals surface area contributed by atoms with Gasteiger partial charge in [-0.25, -0.2) is 4.98 Å². The van der Waals surface area contributed by atoms with Crippen molar-refractivity contribution in [3.63, 3.8) is 0 Å². The lowest BCUT2D eigenvalue weighted by Crippen LogP contribution is -1.97. The molecule has 0 fully saturated rings. The number of pyridine rings is 1. The second-order valence-corrected chi connectivity index (χ2v) is 4.58. The fraction of sp³-hybridized carbons (Fsp3) is 0.444. The first-order valence-corrected chi connectivity index (χ1v) is 4.87. The molecule has 2 nitrogen and oxygen atoms in total. The van der Waals surface area contributed by atoms with Crippen LogP contribution in [0.25, 0.3) is 0 Å². The molecular formula is C9H14N2S. The third-order valence-electron chi connectivity index (χ3n) is 1.52. The van der Waals surface area contributed by atoms with Gasteiger partial charge in [0.05, 0.1) is 5.69 Å². The van der Waals surface area contributed by atoms with E-state index in [1.54, 1.807) is 18.0 Å². The van der Waals surface area contributed by atoms with Crippen LogP contribution in [0, 0.1) is 6.92 Å². The van der Waals surface area contributed by atoms with Crippen LogP contribution in [0.1, 0.15) is 19.4 Å². The lowest BCUT2D eigenvalue weighted by atomic mass is 10.3. The molecule has 0 saturated heterocycles. The van der Waals surface area contributed by atoms with Gasteiger partial charge in [0.25, 0.3) is 0 Å². The zero-order chi connectivity index (χ0) is 9.14. The number of aryl methyl sites for hydroxylation is 1. The molecule has 0 unspecified atom stereocenters. The third-order valence-corrected chi connectivity index (χ3v) is 2.54. The summed E-state index contributed by atoms with van der Waals surface area (Å²) in [5.41, 5.74) is 7.77. The SMILES string of the molecule is Cc1ccnc(SC(C)C)c1N. The number of anilines is 1. The highest BCUT2D eigenvalue weighted by Gasteiger charge is 2.05. The van der Waals surface area contributed by atoms with Gasteiger partial charge < -0.3 is 5.73 Å². The first-order chi connectivity index (χ1) is 5.61. The summed E-state index contributed by atoms with van der Waals surface area (Å²) in [5.74, 6) is 0. The molecule has 0 spiro atoms. The van der Waals surface area contributed by atoms with Crippen molar-refractivity contribution in [2.45, 2.75) is 31.0 Å². The Kier molecular flexibility index (Phi) is 2.98. The number of nitrogens with two attached hydrogens (primary N) is 1. The number of rotatable bonds is 2. The zero-order valence-corrected chi connectivity index (χ0v) is 8.48. The Bertz CT molecular complexity index is 271. The maximum atomic E-state index is 5.85. The molecule has 0 amide bonds. The molecule has 3 heteroatoms. The van der Waals surface area contributed by atoms with Crippen LogP contribution in [0.15, 0.2) is 17.3 Å². The van der Waals surface area contributed by atoms with E-state index in [0.29, 0.717) is 5.25 Å². The highest BCUT2D eigenvalue weighted by atomic mass is 32.2. The Hall–Kier alpha value is -0.700. The van der Waals surface area contributed by atoms with Gasteiger partial charge >= 0.3 is 0 Å².